The quantitative estimate of drug-likeness (QED) is 0.844. The molecule has 2 rings (SSSR count). The van der Waals surface area contributed by atoms with Crippen LogP contribution in [-0.2, 0) is 16.0 Å². The highest BCUT2D eigenvalue weighted by Gasteiger charge is 2.33. The van der Waals surface area contributed by atoms with Gasteiger partial charge in [-0.15, -0.1) is 0 Å². The number of rotatable bonds is 4. The van der Waals surface area contributed by atoms with Gasteiger partial charge in [-0.2, -0.15) is 5.26 Å². The standard InChI is InChI=1S/C16H22N2O2/c1-16(2)12-18(10-15(20-16)11-19-3)9-14-6-4-13(8-17)5-7-14/h4-7,15H,9-12H2,1-3H3/t15-/m0/s1. The van der Waals surface area contributed by atoms with Crippen molar-refractivity contribution in [1.82, 2.24) is 4.90 Å². The molecule has 0 spiro atoms. The van der Waals surface area contributed by atoms with Crippen molar-refractivity contribution in [3.8, 4) is 6.07 Å². The number of methoxy groups -OCH3 is 1. The van der Waals surface area contributed by atoms with Crippen molar-refractivity contribution >= 4 is 0 Å². The zero-order valence-electron chi connectivity index (χ0n) is 12.4. The minimum Gasteiger partial charge on any atom is -0.382 e. The van der Waals surface area contributed by atoms with Gasteiger partial charge in [0.1, 0.15) is 0 Å². The van der Waals surface area contributed by atoms with Crippen molar-refractivity contribution in [1.29, 1.82) is 5.26 Å². The third-order valence-electron chi connectivity index (χ3n) is 3.39. The highest BCUT2D eigenvalue weighted by molar-refractivity contribution is 5.31. The fourth-order valence-corrected chi connectivity index (χ4v) is 2.75. The van der Waals surface area contributed by atoms with Crippen LogP contribution in [0.1, 0.15) is 25.0 Å². The molecule has 1 heterocycles. The zero-order valence-corrected chi connectivity index (χ0v) is 12.4. The molecule has 0 radical (unpaired) electrons. The topological polar surface area (TPSA) is 45.5 Å². The Balaban J connectivity index is 2.01. The van der Waals surface area contributed by atoms with Gasteiger partial charge in [-0.25, -0.2) is 0 Å². The number of morpholine rings is 1. The maximum Gasteiger partial charge on any atom is 0.0991 e. The summed E-state index contributed by atoms with van der Waals surface area (Å²) in [6.07, 6.45) is 0.113. The van der Waals surface area contributed by atoms with Crippen LogP contribution in [0.3, 0.4) is 0 Å². The first kappa shape index (κ1) is 15.0. The number of hydrogen-bond acceptors (Lipinski definition) is 4. The van der Waals surface area contributed by atoms with Gasteiger partial charge in [-0.1, -0.05) is 12.1 Å². The number of ether oxygens (including phenoxy) is 2. The van der Waals surface area contributed by atoms with Crippen LogP contribution in [0.4, 0.5) is 0 Å². The molecule has 0 aliphatic carbocycles. The lowest BCUT2D eigenvalue weighted by Crippen LogP contribution is -2.53. The van der Waals surface area contributed by atoms with E-state index in [1.54, 1.807) is 7.11 Å². The predicted octanol–water partition coefficient (Wildman–Crippen LogP) is 2.18. The number of nitrogens with zero attached hydrogens (tertiary/aromatic N) is 2. The molecule has 1 saturated heterocycles. The van der Waals surface area contributed by atoms with E-state index in [0.717, 1.165) is 19.6 Å². The average Bonchev–Trinajstić information content (AvgIpc) is 2.38. The summed E-state index contributed by atoms with van der Waals surface area (Å²) >= 11 is 0. The Morgan fingerprint density at radius 1 is 1.40 bits per heavy atom. The van der Waals surface area contributed by atoms with Gasteiger partial charge in [-0.05, 0) is 31.5 Å². The van der Waals surface area contributed by atoms with Crippen LogP contribution in [0.5, 0.6) is 0 Å². The van der Waals surface area contributed by atoms with Crippen molar-refractivity contribution < 1.29 is 9.47 Å². The molecule has 1 fully saturated rings. The largest absolute Gasteiger partial charge is 0.382 e. The average molecular weight is 274 g/mol. The van der Waals surface area contributed by atoms with E-state index in [2.05, 4.69) is 24.8 Å². The molecule has 1 aromatic carbocycles. The van der Waals surface area contributed by atoms with E-state index in [-0.39, 0.29) is 11.7 Å². The Kier molecular flexibility index (Phi) is 4.77. The SMILES string of the molecule is COC[C@@H]1CN(Cc2ccc(C#N)cc2)CC(C)(C)O1. The van der Waals surface area contributed by atoms with E-state index >= 15 is 0 Å². The monoisotopic (exact) mass is 274 g/mol. The second-order valence-electron chi connectivity index (χ2n) is 5.93. The van der Waals surface area contributed by atoms with E-state index in [4.69, 9.17) is 14.7 Å². The van der Waals surface area contributed by atoms with Gasteiger partial charge < -0.3 is 9.47 Å². The third-order valence-corrected chi connectivity index (χ3v) is 3.39. The number of nitriles is 1. The molecule has 4 nitrogen and oxygen atoms in total. The summed E-state index contributed by atoms with van der Waals surface area (Å²) in [7, 11) is 1.70. The first-order valence-corrected chi connectivity index (χ1v) is 6.90. The normalized spacial score (nSPS) is 22.4. The van der Waals surface area contributed by atoms with Crippen LogP contribution in [0, 0.1) is 11.3 Å². The molecule has 1 atom stereocenters. The minimum absolute atomic E-state index is 0.113. The van der Waals surface area contributed by atoms with Crippen molar-refractivity contribution in [2.75, 3.05) is 26.8 Å². The summed E-state index contributed by atoms with van der Waals surface area (Å²) in [5.74, 6) is 0. The maximum atomic E-state index is 8.82. The van der Waals surface area contributed by atoms with Crippen LogP contribution in [0.2, 0.25) is 0 Å². The molecule has 0 amide bonds. The molecule has 0 bridgehead atoms. The predicted molar refractivity (Wildman–Crippen MR) is 77.3 cm³/mol. The van der Waals surface area contributed by atoms with E-state index in [1.165, 1.54) is 5.56 Å². The van der Waals surface area contributed by atoms with Crippen molar-refractivity contribution in [2.24, 2.45) is 0 Å². The molecule has 1 aliphatic rings. The molecular weight excluding hydrogens is 252 g/mol. The van der Waals surface area contributed by atoms with Gasteiger partial charge in [-0.3, -0.25) is 4.90 Å². The Bertz CT molecular complexity index is 476. The van der Waals surface area contributed by atoms with Gasteiger partial charge in [0.2, 0.25) is 0 Å². The molecule has 0 saturated carbocycles. The second-order valence-corrected chi connectivity index (χ2v) is 5.93. The van der Waals surface area contributed by atoms with Crippen molar-refractivity contribution in [3.05, 3.63) is 35.4 Å². The summed E-state index contributed by atoms with van der Waals surface area (Å²) in [6, 6.07) is 9.92. The van der Waals surface area contributed by atoms with Crippen LogP contribution in [0.15, 0.2) is 24.3 Å². The Labute approximate surface area is 120 Å². The molecule has 0 N–H and O–H groups in total. The Morgan fingerprint density at radius 3 is 2.70 bits per heavy atom. The van der Waals surface area contributed by atoms with Gasteiger partial charge in [0, 0.05) is 26.7 Å². The molecule has 1 aromatic rings. The summed E-state index contributed by atoms with van der Waals surface area (Å²) in [5, 5.41) is 8.82. The molecule has 1 aliphatic heterocycles. The molecular formula is C16H22N2O2. The van der Waals surface area contributed by atoms with Crippen LogP contribution in [0.25, 0.3) is 0 Å². The van der Waals surface area contributed by atoms with Gasteiger partial charge in [0.05, 0.1) is 29.9 Å². The van der Waals surface area contributed by atoms with Crippen LogP contribution < -0.4 is 0 Å². The summed E-state index contributed by atoms with van der Waals surface area (Å²) in [5.41, 5.74) is 1.76. The minimum atomic E-state index is -0.159. The van der Waals surface area contributed by atoms with E-state index < -0.39 is 0 Å². The lowest BCUT2D eigenvalue weighted by Gasteiger charge is -2.42. The lowest BCUT2D eigenvalue weighted by atomic mass is 10.0. The smallest absolute Gasteiger partial charge is 0.0991 e. The Hall–Kier alpha value is -1.41. The highest BCUT2D eigenvalue weighted by Crippen LogP contribution is 2.22. The molecule has 0 aromatic heterocycles. The van der Waals surface area contributed by atoms with Gasteiger partial charge >= 0.3 is 0 Å². The van der Waals surface area contributed by atoms with Gasteiger partial charge in [0.15, 0.2) is 0 Å². The van der Waals surface area contributed by atoms with Crippen LogP contribution in [-0.4, -0.2) is 43.4 Å². The fraction of sp³-hybridized carbons (Fsp3) is 0.562. The highest BCUT2D eigenvalue weighted by atomic mass is 16.5. The lowest BCUT2D eigenvalue weighted by molar-refractivity contribution is -0.154. The number of hydrogen-bond donors (Lipinski definition) is 0. The summed E-state index contributed by atoms with van der Waals surface area (Å²) in [6.45, 7) is 7.48. The first-order valence-electron chi connectivity index (χ1n) is 6.90. The summed E-state index contributed by atoms with van der Waals surface area (Å²) in [4.78, 5) is 2.38. The Morgan fingerprint density at radius 2 is 2.10 bits per heavy atom. The second kappa shape index (κ2) is 6.36. The fourth-order valence-electron chi connectivity index (χ4n) is 2.75. The molecule has 0 unspecified atom stereocenters. The first-order chi connectivity index (χ1) is 9.52. The molecule has 108 valence electrons. The van der Waals surface area contributed by atoms with E-state index in [1.807, 2.05) is 24.3 Å². The third kappa shape index (κ3) is 4.04. The van der Waals surface area contributed by atoms with E-state index in [0.29, 0.717) is 12.2 Å². The molecule has 4 heteroatoms. The van der Waals surface area contributed by atoms with Crippen LogP contribution >= 0.6 is 0 Å². The maximum absolute atomic E-state index is 8.82. The molecule has 20 heavy (non-hydrogen) atoms. The van der Waals surface area contributed by atoms with E-state index in [9.17, 15) is 0 Å². The van der Waals surface area contributed by atoms with Crippen molar-refractivity contribution in [2.45, 2.75) is 32.1 Å². The zero-order chi connectivity index (χ0) is 14.6. The summed E-state index contributed by atoms with van der Waals surface area (Å²) < 4.78 is 11.2. The van der Waals surface area contributed by atoms with Gasteiger partial charge in [0.25, 0.3) is 0 Å². The van der Waals surface area contributed by atoms with Crippen molar-refractivity contribution in [3.63, 3.8) is 0 Å². The number of benzene rings is 1.